The van der Waals surface area contributed by atoms with Gasteiger partial charge in [0.25, 0.3) is 0 Å². The fourth-order valence-electron chi connectivity index (χ4n) is 2.41. The molecule has 2 atom stereocenters. The van der Waals surface area contributed by atoms with Crippen molar-refractivity contribution in [3.8, 4) is 0 Å². The van der Waals surface area contributed by atoms with E-state index in [1.54, 1.807) is 0 Å². The molecule has 0 aliphatic heterocycles. The second-order valence-electron chi connectivity index (χ2n) is 7.67. The molecule has 1 aromatic rings. The van der Waals surface area contributed by atoms with Crippen LogP contribution in [0.1, 0.15) is 40.2 Å². The zero-order valence-electron chi connectivity index (χ0n) is 16.7. The van der Waals surface area contributed by atoms with Crippen molar-refractivity contribution in [2.45, 2.75) is 58.7 Å². The maximum atomic E-state index is 12.1. The minimum Gasteiger partial charge on any atom is -0.468 e. The predicted octanol–water partition coefficient (Wildman–Crippen LogP) is 2.91. The highest BCUT2D eigenvalue weighted by Crippen LogP contribution is 2.09. The lowest BCUT2D eigenvalue weighted by atomic mass is 10.0. The Morgan fingerprint density at radius 1 is 1.12 bits per heavy atom. The van der Waals surface area contributed by atoms with Gasteiger partial charge in [-0.2, -0.15) is 0 Å². The number of carbonyl (C=O) groups excluding carboxylic acids is 2. The van der Waals surface area contributed by atoms with Crippen LogP contribution in [-0.4, -0.2) is 43.4 Å². The van der Waals surface area contributed by atoms with E-state index in [1.165, 1.54) is 7.11 Å². The molecule has 1 aromatic carbocycles. The molecule has 1 amide bonds. The average Bonchev–Trinajstić information content (AvgIpc) is 2.55. The number of hydrogen-bond acceptors (Lipinski definition) is 5. The highest BCUT2D eigenvalue weighted by Gasteiger charge is 2.25. The number of methoxy groups -OCH3 is 1. The zero-order chi connectivity index (χ0) is 19.7. The largest absolute Gasteiger partial charge is 0.468 e. The third kappa shape index (κ3) is 8.34. The van der Waals surface area contributed by atoms with Gasteiger partial charge in [-0.25, -0.2) is 4.79 Å². The lowest BCUT2D eigenvalue weighted by Crippen LogP contribution is -2.51. The van der Waals surface area contributed by atoms with E-state index in [0.717, 1.165) is 5.56 Å². The van der Waals surface area contributed by atoms with Crippen LogP contribution in [0.4, 0.5) is 4.79 Å². The maximum absolute atomic E-state index is 12.1. The molecule has 0 aliphatic rings. The summed E-state index contributed by atoms with van der Waals surface area (Å²) in [6.07, 6.45) is 0.0563. The van der Waals surface area contributed by atoms with Gasteiger partial charge in [-0.3, -0.25) is 4.79 Å². The van der Waals surface area contributed by atoms with Crippen LogP contribution in [0.2, 0.25) is 0 Å². The topological polar surface area (TPSA) is 76.7 Å². The monoisotopic (exact) mass is 364 g/mol. The number of carbonyl (C=O) groups is 2. The van der Waals surface area contributed by atoms with E-state index in [-0.39, 0.29) is 17.9 Å². The van der Waals surface area contributed by atoms with Gasteiger partial charge in [0.2, 0.25) is 0 Å². The van der Waals surface area contributed by atoms with E-state index >= 15 is 0 Å². The summed E-state index contributed by atoms with van der Waals surface area (Å²) in [6, 6.07) is 9.09. The Morgan fingerprint density at radius 3 is 2.23 bits per heavy atom. The number of rotatable bonds is 8. The third-order valence-corrected chi connectivity index (χ3v) is 3.86. The lowest BCUT2D eigenvalue weighted by Gasteiger charge is -2.27. The fraction of sp³-hybridized carbons (Fsp3) is 0.600. The summed E-state index contributed by atoms with van der Waals surface area (Å²) in [7, 11) is 1.38. The lowest BCUT2D eigenvalue weighted by molar-refractivity contribution is -0.143. The molecule has 6 heteroatoms. The molecule has 0 unspecified atom stereocenters. The van der Waals surface area contributed by atoms with Gasteiger partial charge < -0.3 is 20.1 Å². The molecule has 0 saturated carbocycles. The summed E-state index contributed by atoms with van der Waals surface area (Å²) >= 11 is 0. The number of ether oxygens (including phenoxy) is 2. The van der Waals surface area contributed by atoms with Crippen LogP contribution >= 0.6 is 0 Å². The van der Waals surface area contributed by atoms with Crippen molar-refractivity contribution < 1.29 is 19.1 Å². The van der Waals surface area contributed by atoms with Gasteiger partial charge >= 0.3 is 12.1 Å². The fourth-order valence-corrected chi connectivity index (χ4v) is 2.41. The Morgan fingerprint density at radius 2 is 1.73 bits per heavy atom. The van der Waals surface area contributed by atoms with Crippen molar-refractivity contribution in [2.75, 3.05) is 13.7 Å². The molecule has 0 bridgehead atoms. The molecule has 0 aromatic heterocycles. The smallest absolute Gasteiger partial charge is 0.407 e. The van der Waals surface area contributed by atoms with E-state index in [2.05, 4.69) is 10.6 Å². The molecule has 2 N–H and O–H groups in total. The first-order valence-corrected chi connectivity index (χ1v) is 8.97. The Kier molecular flexibility index (Phi) is 8.58. The number of alkyl carbamates (subject to hydrolysis) is 1. The standard InChI is InChI=1S/C20H32N2O4/c1-14(2)17(22-19(24)26-20(3,4)5)13-21-16(18(23)25-6)12-15-10-8-7-9-11-15/h7-11,14,16-17,21H,12-13H2,1-6H3,(H,22,24)/t16-,17-/m0/s1. The molecular formula is C20H32N2O4. The molecule has 0 saturated heterocycles. The Hall–Kier alpha value is -2.08. The molecular weight excluding hydrogens is 332 g/mol. The summed E-state index contributed by atoms with van der Waals surface area (Å²) < 4.78 is 10.2. The third-order valence-electron chi connectivity index (χ3n) is 3.86. The van der Waals surface area contributed by atoms with E-state index in [0.29, 0.717) is 13.0 Å². The van der Waals surface area contributed by atoms with Crippen molar-refractivity contribution in [3.63, 3.8) is 0 Å². The minimum absolute atomic E-state index is 0.171. The second-order valence-corrected chi connectivity index (χ2v) is 7.67. The summed E-state index contributed by atoms with van der Waals surface area (Å²) in [5.41, 5.74) is 0.484. The van der Waals surface area contributed by atoms with Gasteiger partial charge in [0, 0.05) is 12.6 Å². The first kappa shape index (κ1) is 22.0. The first-order chi connectivity index (χ1) is 12.1. The predicted molar refractivity (Wildman–Crippen MR) is 102 cm³/mol. The number of nitrogens with one attached hydrogen (secondary N) is 2. The highest BCUT2D eigenvalue weighted by atomic mass is 16.6. The van der Waals surface area contributed by atoms with Crippen molar-refractivity contribution in [3.05, 3.63) is 35.9 Å². The van der Waals surface area contributed by atoms with E-state index in [4.69, 9.17) is 9.47 Å². The molecule has 6 nitrogen and oxygen atoms in total. The van der Waals surface area contributed by atoms with E-state index in [9.17, 15) is 9.59 Å². The van der Waals surface area contributed by atoms with Crippen LogP contribution in [0.5, 0.6) is 0 Å². The minimum atomic E-state index is -0.555. The number of benzene rings is 1. The van der Waals surface area contributed by atoms with Crippen LogP contribution in [0.3, 0.4) is 0 Å². The Balaban J connectivity index is 2.70. The number of esters is 1. The quantitative estimate of drug-likeness (QED) is 0.694. The van der Waals surface area contributed by atoms with Gasteiger partial charge in [0.05, 0.1) is 7.11 Å². The van der Waals surface area contributed by atoms with Crippen LogP contribution in [0, 0.1) is 5.92 Å². The molecule has 0 radical (unpaired) electrons. The summed E-state index contributed by atoms with van der Waals surface area (Å²) in [5, 5.41) is 6.10. The van der Waals surface area contributed by atoms with Crippen LogP contribution in [0.25, 0.3) is 0 Å². The van der Waals surface area contributed by atoms with Gasteiger partial charge in [0.15, 0.2) is 0 Å². The molecule has 0 heterocycles. The zero-order valence-corrected chi connectivity index (χ0v) is 16.7. The highest BCUT2D eigenvalue weighted by molar-refractivity contribution is 5.76. The van der Waals surface area contributed by atoms with Gasteiger partial charge in [-0.15, -0.1) is 0 Å². The van der Waals surface area contributed by atoms with Crippen molar-refractivity contribution in [1.82, 2.24) is 10.6 Å². The van der Waals surface area contributed by atoms with Crippen molar-refractivity contribution in [1.29, 1.82) is 0 Å². The Labute approximate surface area is 156 Å². The molecule has 0 spiro atoms. The SMILES string of the molecule is COC(=O)[C@H](Cc1ccccc1)NC[C@H](NC(=O)OC(C)(C)C)C(C)C. The van der Waals surface area contributed by atoms with Gasteiger partial charge in [-0.1, -0.05) is 44.2 Å². The summed E-state index contributed by atoms with van der Waals surface area (Å²) in [4.78, 5) is 24.2. The van der Waals surface area contributed by atoms with Crippen LogP contribution < -0.4 is 10.6 Å². The second kappa shape index (κ2) is 10.2. The van der Waals surface area contributed by atoms with Crippen molar-refractivity contribution >= 4 is 12.1 Å². The number of hydrogen-bond donors (Lipinski definition) is 2. The maximum Gasteiger partial charge on any atom is 0.407 e. The molecule has 0 fully saturated rings. The molecule has 1 rings (SSSR count). The average molecular weight is 364 g/mol. The Bertz CT molecular complexity index is 567. The van der Waals surface area contributed by atoms with Crippen LogP contribution in [0.15, 0.2) is 30.3 Å². The first-order valence-electron chi connectivity index (χ1n) is 8.97. The van der Waals surface area contributed by atoms with Gasteiger partial charge in [-0.05, 0) is 38.7 Å². The normalized spacial score (nSPS) is 13.8. The molecule has 26 heavy (non-hydrogen) atoms. The van der Waals surface area contributed by atoms with Crippen molar-refractivity contribution in [2.24, 2.45) is 5.92 Å². The summed E-state index contributed by atoms with van der Waals surface area (Å²) in [6.45, 7) is 9.92. The summed E-state index contributed by atoms with van der Waals surface area (Å²) in [5.74, 6) is -0.154. The van der Waals surface area contributed by atoms with Gasteiger partial charge in [0.1, 0.15) is 11.6 Å². The molecule has 146 valence electrons. The van der Waals surface area contributed by atoms with E-state index < -0.39 is 17.7 Å². The van der Waals surface area contributed by atoms with E-state index in [1.807, 2.05) is 65.0 Å². The van der Waals surface area contributed by atoms with Crippen LogP contribution in [-0.2, 0) is 20.7 Å². The number of amides is 1. The molecule has 0 aliphatic carbocycles.